The zero-order valence-electron chi connectivity index (χ0n) is 8.49. The molecular weight excluding hydrogens is 243 g/mol. The summed E-state index contributed by atoms with van der Waals surface area (Å²) < 4.78 is 5.62. The van der Waals surface area contributed by atoms with Gasteiger partial charge in [-0.2, -0.15) is 0 Å². The maximum Gasteiger partial charge on any atom is 0.134 e. The molecule has 0 radical (unpaired) electrons. The minimum atomic E-state index is 0.483. The molecule has 1 aromatic heterocycles. The van der Waals surface area contributed by atoms with Crippen LogP contribution in [-0.2, 0) is 0 Å². The molecule has 0 aliphatic heterocycles. The van der Waals surface area contributed by atoms with Gasteiger partial charge in [-0.3, -0.25) is 0 Å². The minimum absolute atomic E-state index is 0.483. The van der Waals surface area contributed by atoms with Crippen LogP contribution in [0.2, 0.25) is 5.02 Å². The number of hydrogen-bond acceptors (Lipinski definition) is 1. The van der Waals surface area contributed by atoms with Crippen LogP contribution >= 0.6 is 23.2 Å². The highest BCUT2D eigenvalue weighted by molar-refractivity contribution is 6.30. The summed E-state index contributed by atoms with van der Waals surface area (Å²) in [6, 6.07) is 11.4. The molecule has 0 spiro atoms. The average molecular weight is 253 g/mol. The molecule has 0 saturated heterocycles. The first-order chi connectivity index (χ1) is 7.79. The Morgan fingerprint density at radius 1 is 1.06 bits per heavy atom. The van der Waals surface area contributed by atoms with Crippen molar-refractivity contribution < 1.29 is 4.42 Å². The molecule has 1 aromatic carbocycles. The van der Waals surface area contributed by atoms with Crippen LogP contribution in [0.1, 0.15) is 5.76 Å². The van der Waals surface area contributed by atoms with Gasteiger partial charge >= 0.3 is 0 Å². The molecule has 0 saturated carbocycles. The summed E-state index contributed by atoms with van der Waals surface area (Å²) in [7, 11) is 0. The quantitative estimate of drug-likeness (QED) is 0.712. The van der Waals surface area contributed by atoms with Crippen molar-refractivity contribution in [1.82, 2.24) is 0 Å². The second-order valence-electron chi connectivity index (χ2n) is 3.27. The van der Waals surface area contributed by atoms with Crippen LogP contribution in [0.4, 0.5) is 0 Å². The number of furan rings is 1. The van der Waals surface area contributed by atoms with Gasteiger partial charge in [0.25, 0.3) is 0 Å². The van der Waals surface area contributed by atoms with Gasteiger partial charge in [0.15, 0.2) is 0 Å². The van der Waals surface area contributed by atoms with Crippen LogP contribution in [0.15, 0.2) is 46.9 Å². The maximum atomic E-state index is 5.82. The van der Waals surface area contributed by atoms with Gasteiger partial charge in [-0.1, -0.05) is 17.7 Å². The second-order valence-corrected chi connectivity index (χ2v) is 4.01. The fourth-order valence-corrected chi connectivity index (χ4v) is 1.59. The van der Waals surface area contributed by atoms with Crippen molar-refractivity contribution in [3.05, 3.63) is 53.3 Å². The topological polar surface area (TPSA) is 13.1 Å². The Kier molecular flexibility index (Phi) is 3.70. The molecule has 1 nitrogen and oxygen atoms in total. The van der Waals surface area contributed by atoms with Crippen LogP contribution in [0, 0.1) is 0 Å². The minimum Gasteiger partial charge on any atom is -0.457 e. The molecule has 0 fully saturated rings. The molecule has 0 amide bonds. The summed E-state index contributed by atoms with van der Waals surface area (Å²) in [6.45, 7) is 0. The summed E-state index contributed by atoms with van der Waals surface area (Å²) in [6.07, 6.45) is 3.69. The van der Waals surface area contributed by atoms with Crippen molar-refractivity contribution in [1.29, 1.82) is 0 Å². The first-order valence-corrected chi connectivity index (χ1v) is 5.79. The molecular formula is C13H10Cl2O. The highest BCUT2D eigenvalue weighted by Gasteiger charge is 2.02. The van der Waals surface area contributed by atoms with E-state index in [1.54, 1.807) is 0 Å². The van der Waals surface area contributed by atoms with E-state index in [2.05, 4.69) is 0 Å². The van der Waals surface area contributed by atoms with Crippen molar-refractivity contribution >= 4 is 29.3 Å². The predicted molar refractivity (Wildman–Crippen MR) is 68.9 cm³/mol. The van der Waals surface area contributed by atoms with Crippen molar-refractivity contribution in [3.8, 4) is 11.3 Å². The van der Waals surface area contributed by atoms with E-state index in [1.807, 2.05) is 48.6 Å². The summed E-state index contributed by atoms with van der Waals surface area (Å²) >= 11 is 11.4. The predicted octanol–water partition coefficient (Wildman–Crippen LogP) is 4.85. The van der Waals surface area contributed by atoms with Gasteiger partial charge in [-0.15, -0.1) is 11.6 Å². The molecule has 0 aliphatic carbocycles. The molecule has 82 valence electrons. The zero-order valence-corrected chi connectivity index (χ0v) is 10.0. The molecule has 2 aromatic rings. The molecule has 1 heterocycles. The lowest BCUT2D eigenvalue weighted by Gasteiger charge is -1.96. The molecule has 2 rings (SSSR count). The first-order valence-electron chi connectivity index (χ1n) is 4.88. The SMILES string of the molecule is ClCC=Cc1ccc(-c2ccc(Cl)cc2)o1. The van der Waals surface area contributed by atoms with E-state index >= 15 is 0 Å². The molecule has 0 unspecified atom stereocenters. The highest BCUT2D eigenvalue weighted by Crippen LogP contribution is 2.24. The summed E-state index contributed by atoms with van der Waals surface area (Å²) in [4.78, 5) is 0. The van der Waals surface area contributed by atoms with E-state index in [4.69, 9.17) is 27.6 Å². The third kappa shape index (κ3) is 2.69. The number of rotatable bonds is 3. The van der Waals surface area contributed by atoms with E-state index in [0.29, 0.717) is 5.88 Å². The van der Waals surface area contributed by atoms with Crippen LogP contribution in [0.3, 0.4) is 0 Å². The monoisotopic (exact) mass is 252 g/mol. The van der Waals surface area contributed by atoms with Crippen molar-refractivity contribution in [2.24, 2.45) is 0 Å². The Bertz CT molecular complexity index is 483. The molecule has 0 aliphatic rings. The Morgan fingerprint density at radius 3 is 2.50 bits per heavy atom. The van der Waals surface area contributed by atoms with Gasteiger partial charge in [0.2, 0.25) is 0 Å². The lowest BCUT2D eigenvalue weighted by Crippen LogP contribution is -1.72. The van der Waals surface area contributed by atoms with Crippen LogP contribution in [0.25, 0.3) is 17.4 Å². The third-order valence-corrected chi connectivity index (χ3v) is 2.56. The van der Waals surface area contributed by atoms with Gasteiger partial charge in [0.1, 0.15) is 11.5 Å². The molecule has 3 heteroatoms. The lowest BCUT2D eigenvalue weighted by molar-refractivity contribution is 0.572. The van der Waals surface area contributed by atoms with Gasteiger partial charge in [-0.05, 0) is 42.5 Å². The normalized spacial score (nSPS) is 11.1. The fourth-order valence-electron chi connectivity index (χ4n) is 1.37. The van der Waals surface area contributed by atoms with E-state index in [-0.39, 0.29) is 0 Å². The van der Waals surface area contributed by atoms with Crippen molar-refractivity contribution in [2.75, 3.05) is 5.88 Å². The Balaban J connectivity index is 2.24. The number of alkyl halides is 1. The van der Waals surface area contributed by atoms with Crippen LogP contribution < -0.4 is 0 Å². The summed E-state index contributed by atoms with van der Waals surface area (Å²) in [5.41, 5.74) is 1.01. The number of hydrogen-bond donors (Lipinski definition) is 0. The third-order valence-electron chi connectivity index (χ3n) is 2.13. The van der Waals surface area contributed by atoms with Crippen molar-refractivity contribution in [3.63, 3.8) is 0 Å². The molecule has 0 N–H and O–H groups in total. The fraction of sp³-hybridized carbons (Fsp3) is 0.0769. The number of halogens is 2. The molecule has 16 heavy (non-hydrogen) atoms. The second kappa shape index (κ2) is 5.24. The zero-order chi connectivity index (χ0) is 11.4. The Morgan fingerprint density at radius 2 is 1.81 bits per heavy atom. The van der Waals surface area contributed by atoms with Gasteiger partial charge < -0.3 is 4.42 Å². The first kappa shape index (κ1) is 11.3. The number of allylic oxidation sites excluding steroid dienone is 1. The lowest BCUT2D eigenvalue weighted by atomic mass is 10.2. The van der Waals surface area contributed by atoms with Gasteiger partial charge in [0, 0.05) is 16.5 Å². The Labute approximate surface area is 104 Å². The van der Waals surface area contributed by atoms with E-state index in [9.17, 15) is 0 Å². The Hall–Kier alpha value is -1.18. The van der Waals surface area contributed by atoms with E-state index in [0.717, 1.165) is 22.1 Å². The van der Waals surface area contributed by atoms with Crippen molar-refractivity contribution in [2.45, 2.75) is 0 Å². The number of benzene rings is 1. The smallest absolute Gasteiger partial charge is 0.134 e. The highest BCUT2D eigenvalue weighted by atomic mass is 35.5. The maximum absolute atomic E-state index is 5.82. The summed E-state index contributed by atoms with van der Waals surface area (Å²) in [5.74, 6) is 2.10. The molecule has 0 atom stereocenters. The average Bonchev–Trinajstić information content (AvgIpc) is 2.76. The van der Waals surface area contributed by atoms with Crippen LogP contribution in [0.5, 0.6) is 0 Å². The summed E-state index contributed by atoms with van der Waals surface area (Å²) in [5, 5.41) is 0.720. The van der Waals surface area contributed by atoms with Crippen LogP contribution in [-0.4, -0.2) is 5.88 Å². The molecule has 0 bridgehead atoms. The van der Waals surface area contributed by atoms with E-state index < -0.39 is 0 Å². The van der Waals surface area contributed by atoms with Gasteiger partial charge in [-0.25, -0.2) is 0 Å². The van der Waals surface area contributed by atoms with Gasteiger partial charge in [0.05, 0.1) is 0 Å². The largest absolute Gasteiger partial charge is 0.457 e. The standard InChI is InChI=1S/C13H10Cl2O/c14-9-1-2-12-7-8-13(16-12)10-3-5-11(15)6-4-10/h1-8H,9H2. The van der Waals surface area contributed by atoms with E-state index in [1.165, 1.54) is 0 Å².